The summed E-state index contributed by atoms with van der Waals surface area (Å²) in [4.78, 5) is 0. The monoisotopic (exact) mass is 359 g/mol. The average molecular weight is 360 g/mol. The molecule has 2 rings (SSSR count). The maximum absolute atomic E-state index is 11.7. The van der Waals surface area contributed by atoms with Crippen molar-refractivity contribution in [3.05, 3.63) is 59.7 Å². The molecular formula is C21H29NO2S. The first-order valence-electron chi connectivity index (χ1n) is 8.78. The summed E-state index contributed by atoms with van der Waals surface area (Å²) in [5, 5.41) is -0.397. The summed E-state index contributed by atoms with van der Waals surface area (Å²) in [5.41, 5.74) is 4.98. The van der Waals surface area contributed by atoms with E-state index in [1.807, 2.05) is 0 Å². The van der Waals surface area contributed by atoms with Gasteiger partial charge in [0.1, 0.15) is 0 Å². The van der Waals surface area contributed by atoms with E-state index in [2.05, 4.69) is 74.0 Å². The molecular weight excluding hydrogens is 330 g/mol. The van der Waals surface area contributed by atoms with E-state index in [9.17, 15) is 8.42 Å². The third-order valence-corrected chi connectivity index (χ3v) is 6.22. The molecule has 2 aromatic carbocycles. The zero-order valence-corrected chi connectivity index (χ0v) is 16.7. The summed E-state index contributed by atoms with van der Waals surface area (Å²) in [6.07, 6.45) is 0.690. The highest BCUT2D eigenvalue weighted by Crippen LogP contribution is 2.26. The van der Waals surface area contributed by atoms with Gasteiger partial charge in [-0.25, -0.2) is 13.1 Å². The van der Waals surface area contributed by atoms with Gasteiger partial charge >= 0.3 is 0 Å². The second kappa shape index (κ2) is 7.71. The molecule has 0 fully saturated rings. The molecule has 2 aromatic rings. The number of rotatable bonds is 6. The van der Waals surface area contributed by atoms with Crippen molar-refractivity contribution in [1.29, 1.82) is 0 Å². The van der Waals surface area contributed by atoms with Gasteiger partial charge in [0.2, 0.25) is 10.0 Å². The van der Waals surface area contributed by atoms with Crippen molar-refractivity contribution in [1.82, 2.24) is 4.72 Å². The number of nitrogens with one attached hydrogen (secondary N) is 1. The maximum Gasteiger partial charge on any atom is 0.213 e. The number of hydrogen-bond donors (Lipinski definition) is 1. The second-order valence-electron chi connectivity index (χ2n) is 7.76. The van der Waals surface area contributed by atoms with Crippen LogP contribution in [0.5, 0.6) is 0 Å². The van der Waals surface area contributed by atoms with Crippen LogP contribution in [0.2, 0.25) is 0 Å². The van der Waals surface area contributed by atoms with Crippen LogP contribution in [0.25, 0.3) is 11.1 Å². The summed E-state index contributed by atoms with van der Waals surface area (Å²) < 4.78 is 26.1. The molecule has 25 heavy (non-hydrogen) atoms. The molecule has 4 heteroatoms. The molecule has 0 bridgehead atoms. The van der Waals surface area contributed by atoms with Gasteiger partial charge in [-0.1, -0.05) is 69.3 Å². The van der Waals surface area contributed by atoms with E-state index >= 15 is 0 Å². The van der Waals surface area contributed by atoms with E-state index in [4.69, 9.17) is 0 Å². The fourth-order valence-electron chi connectivity index (χ4n) is 2.53. The average Bonchev–Trinajstić information content (AvgIpc) is 2.54. The second-order valence-corrected chi connectivity index (χ2v) is 10.1. The first-order valence-corrected chi connectivity index (χ1v) is 10.3. The van der Waals surface area contributed by atoms with Crippen LogP contribution >= 0.6 is 0 Å². The van der Waals surface area contributed by atoms with Gasteiger partial charge in [0.05, 0.1) is 5.25 Å². The molecule has 3 nitrogen and oxygen atoms in total. The molecule has 0 aliphatic rings. The van der Waals surface area contributed by atoms with Crippen molar-refractivity contribution in [3.8, 4) is 11.1 Å². The fraction of sp³-hybridized carbons (Fsp3) is 0.429. The van der Waals surface area contributed by atoms with E-state index in [0.29, 0.717) is 13.0 Å². The van der Waals surface area contributed by atoms with Crippen molar-refractivity contribution in [3.63, 3.8) is 0 Å². The predicted octanol–water partition coefficient (Wildman–Crippen LogP) is 4.52. The first kappa shape index (κ1) is 19.7. The van der Waals surface area contributed by atoms with Gasteiger partial charge in [-0.2, -0.15) is 0 Å². The molecule has 0 aromatic heterocycles. The quantitative estimate of drug-likeness (QED) is 0.824. The summed E-state index contributed by atoms with van der Waals surface area (Å²) in [5.74, 6) is 0. The largest absolute Gasteiger partial charge is 0.215 e. The van der Waals surface area contributed by atoms with E-state index < -0.39 is 15.3 Å². The standard InChI is InChI=1S/C21H29NO2S/c1-16(2)25(23,24)22-15-14-17-6-8-18(9-7-17)19-10-12-20(13-11-19)21(3,4)5/h6-13,16,22H,14-15H2,1-5H3. The van der Waals surface area contributed by atoms with Crippen LogP contribution in [0.15, 0.2) is 48.5 Å². The maximum atomic E-state index is 11.7. The van der Waals surface area contributed by atoms with Crippen LogP contribution < -0.4 is 4.72 Å². The molecule has 0 aliphatic heterocycles. The molecule has 0 spiro atoms. The van der Waals surface area contributed by atoms with Gasteiger partial charge in [0.25, 0.3) is 0 Å². The molecule has 0 saturated carbocycles. The Labute approximate surface area is 152 Å². The van der Waals surface area contributed by atoms with Gasteiger partial charge in [-0.15, -0.1) is 0 Å². The van der Waals surface area contributed by atoms with Gasteiger partial charge in [0.15, 0.2) is 0 Å². The third kappa shape index (κ3) is 5.41. The van der Waals surface area contributed by atoms with Crippen molar-refractivity contribution in [2.45, 2.75) is 51.7 Å². The third-order valence-electron chi connectivity index (χ3n) is 4.38. The Morgan fingerprint density at radius 3 is 1.80 bits per heavy atom. The SMILES string of the molecule is CC(C)S(=O)(=O)NCCc1ccc(-c2ccc(C(C)(C)C)cc2)cc1. The van der Waals surface area contributed by atoms with Crippen LogP contribution in [0.4, 0.5) is 0 Å². The summed E-state index contributed by atoms with van der Waals surface area (Å²) in [7, 11) is -3.19. The lowest BCUT2D eigenvalue weighted by Crippen LogP contribution is -2.32. The fourth-order valence-corrected chi connectivity index (χ4v) is 3.25. The van der Waals surface area contributed by atoms with E-state index in [-0.39, 0.29) is 5.41 Å². The van der Waals surface area contributed by atoms with Gasteiger partial charge in [-0.05, 0) is 47.9 Å². The van der Waals surface area contributed by atoms with Gasteiger partial charge in [0, 0.05) is 6.54 Å². The van der Waals surface area contributed by atoms with E-state index in [0.717, 1.165) is 5.56 Å². The van der Waals surface area contributed by atoms with Crippen molar-refractivity contribution >= 4 is 10.0 Å². The number of hydrogen-bond acceptors (Lipinski definition) is 2. The molecule has 0 atom stereocenters. The Balaban J connectivity index is 2.00. The van der Waals surface area contributed by atoms with Crippen molar-refractivity contribution in [2.75, 3.05) is 6.54 Å². The lowest BCUT2D eigenvalue weighted by molar-refractivity contribution is 0.572. The zero-order chi connectivity index (χ0) is 18.7. The molecule has 1 N–H and O–H groups in total. The first-order chi connectivity index (χ1) is 11.6. The van der Waals surface area contributed by atoms with Crippen LogP contribution in [0.3, 0.4) is 0 Å². The lowest BCUT2D eigenvalue weighted by atomic mass is 9.86. The minimum absolute atomic E-state index is 0.158. The topological polar surface area (TPSA) is 46.2 Å². The van der Waals surface area contributed by atoms with E-state index in [1.54, 1.807) is 13.8 Å². The molecule has 0 saturated heterocycles. The van der Waals surface area contributed by atoms with Crippen LogP contribution in [0.1, 0.15) is 45.7 Å². The normalized spacial score (nSPS) is 12.6. The molecule has 0 unspecified atom stereocenters. The minimum Gasteiger partial charge on any atom is -0.215 e. The molecule has 0 heterocycles. The number of benzene rings is 2. The minimum atomic E-state index is -3.19. The number of sulfonamides is 1. The predicted molar refractivity (Wildman–Crippen MR) is 106 cm³/mol. The summed E-state index contributed by atoms with van der Waals surface area (Å²) in [6.45, 7) is 10.4. The Morgan fingerprint density at radius 1 is 0.880 bits per heavy atom. The van der Waals surface area contributed by atoms with Crippen LogP contribution in [-0.4, -0.2) is 20.2 Å². The highest BCUT2D eigenvalue weighted by atomic mass is 32.2. The Hall–Kier alpha value is -1.65. The highest BCUT2D eigenvalue weighted by molar-refractivity contribution is 7.90. The molecule has 0 aliphatic carbocycles. The Bertz CT molecular complexity index is 783. The van der Waals surface area contributed by atoms with E-state index in [1.165, 1.54) is 16.7 Å². The highest BCUT2D eigenvalue weighted by Gasteiger charge is 2.14. The lowest BCUT2D eigenvalue weighted by Gasteiger charge is -2.19. The Morgan fingerprint density at radius 2 is 1.36 bits per heavy atom. The van der Waals surface area contributed by atoms with Gasteiger partial charge < -0.3 is 0 Å². The molecule has 136 valence electrons. The summed E-state index contributed by atoms with van der Waals surface area (Å²) >= 11 is 0. The van der Waals surface area contributed by atoms with Crippen molar-refractivity contribution < 1.29 is 8.42 Å². The summed E-state index contributed by atoms with van der Waals surface area (Å²) in [6, 6.07) is 17.0. The van der Waals surface area contributed by atoms with Crippen LogP contribution in [-0.2, 0) is 21.9 Å². The molecule has 0 radical (unpaired) electrons. The van der Waals surface area contributed by atoms with Gasteiger partial charge in [-0.3, -0.25) is 0 Å². The smallest absolute Gasteiger partial charge is 0.213 e. The van der Waals surface area contributed by atoms with Crippen molar-refractivity contribution in [2.24, 2.45) is 0 Å². The zero-order valence-electron chi connectivity index (χ0n) is 15.8. The Kier molecular flexibility index (Phi) is 6.07. The molecule has 0 amide bonds. The van der Waals surface area contributed by atoms with Crippen LogP contribution in [0, 0.1) is 0 Å².